The number of nitrogens with zero attached hydrogens (tertiary/aromatic N) is 4. The minimum absolute atomic E-state index is 0.0590. The molecule has 2 atom stereocenters. The standard InChI is InChI=1S/C20H25F3N5O2PS/c1-3-8-29-14-4-6-15(7-5-14)32-18-16-17(26-19(24)27-18)28(11-25-16)9-13(2)30-12-31-10-20(21,22)23/h4-7,11,13,31H,3,8-10,12H2,1-2H3,(H2,24,26,27). The van der Waals surface area contributed by atoms with Gasteiger partial charge in [0.25, 0.3) is 0 Å². The molecule has 2 N–H and O–H groups in total. The lowest BCUT2D eigenvalue weighted by molar-refractivity contribution is -0.106. The first-order valence-electron chi connectivity index (χ1n) is 10.0. The van der Waals surface area contributed by atoms with Crippen LogP contribution in [0.4, 0.5) is 19.1 Å². The van der Waals surface area contributed by atoms with Gasteiger partial charge in [-0.15, -0.1) is 0 Å². The molecule has 0 saturated carbocycles. The number of anilines is 1. The van der Waals surface area contributed by atoms with Crippen LogP contribution >= 0.6 is 20.3 Å². The second-order valence-electron chi connectivity index (χ2n) is 7.04. The van der Waals surface area contributed by atoms with Crippen molar-refractivity contribution in [3.8, 4) is 5.75 Å². The number of nitrogens with two attached hydrogens (primary N) is 1. The van der Waals surface area contributed by atoms with E-state index in [9.17, 15) is 13.2 Å². The van der Waals surface area contributed by atoms with Crippen molar-refractivity contribution in [2.45, 2.75) is 49.0 Å². The van der Waals surface area contributed by atoms with Crippen molar-refractivity contribution in [3.63, 3.8) is 0 Å². The molecule has 174 valence electrons. The maximum Gasteiger partial charge on any atom is 0.392 e. The first-order valence-corrected chi connectivity index (χ1v) is 12.3. The van der Waals surface area contributed by atoms with Crippen molar-refractivity contribution in [1.29, 1.82) is 0 Å². The average molecular weight is 487 g/mol. The molecule has 0 saturated heterocycles. The Labute approximate surface area is 190 Å². The Hall–Kier alpha value is -2.10. The number of halogens is 3. The predicted molar refractivity (Wildman–Crippen MR) is 121 cm³/mol. The van der Waals surface area contributed by atoms with Crippen LogP contribution in [0.2, 0.25) is 0 Å². The lowest BCUT2D eigenvalue weighted by Gasteiger charge is -2.14. The first kappa shape index (κ1) is 24.5. The van der Waals surface area contributed by atoms with Crippen molar-refractivity contribution in [2.75, 3.05) is 24.9 Å². The fourth-order valence-corrected chi connectivity index (χ4v) is 4.46. The molecule has 3 rings (SSSR count). The normalized spacial score (nSPS) is 13.3. The lowest BCUT2D eigenvalue weighted by atomic mass is 10.3. The minimum Gasteiger partial charge on any atom is -0.494 e. The molecule has 0 spiro atoms. The van der Waals surface area contributed by atoms with E-state index in [-0.39, 0.29) is 27.0 Å². The summed E-state index contributed by atoms with van der Waals surface area (Å²) >= 11 is 1.42. The highest BCUT2D eigenvalue weighted by atomic mass is 32.2. The molecule has 7 nitrogen and oxygen atoms in total. The van der Waals surface area contributed by atoms with Gasteiger partial charge in [0.2, 0.25) is 5.95 Å². The summed E-state index contributed by atoms with van der Waals surface area (Å²) in [5.41, 5.74) is 7.07. The Kier molecular flexibility index (Phi) is 8.56. The fraction of sp³-hybridized carbons (Fsp3) is 0.450. The molecular formula is C20H25F3N5O2PS. The molecule has 0 aliphatic rings. The number of hydrogen-bond donors (Lipinski definition) is 1. The van der Waals surface area contributed by atoms with E-state index in [1.807, 2.05) is 24.3 Å². The zero-order valence-electron chi connectivity index (χ0n) is 17.7. The first-order chi connectivity index (χ1) is 15.2. The van der Waals surface area contributed by atoms with Gasteiger partial charge in [0.15, 0.2) is 5.65 Å². The van der Waals surface area contributed by atoms with Gasteiger partial charge in [-0.1, -0.05) is 27.3 Å². The number of benzene rings is 1. The highest BCUT2D eigenvalue weighted by Crippen LogP contribution is 2.32. The van der Waals surface area contributed by atoms with E-state index in [1.165, 1.54) is 11.8 Å². The number of aromatic nitrogens is 4. The summed E-state index contributed by atoms with van der Waals surface area (Å²) in [6, 6.07) is 7.68. The van der Waals surface area contributed by atoms with Crippen LogP contribution in [0.15, 0.2) is 40.5 Å². The number of imidazole rings is 1. The average Bonchev–Trinajstić information content (AvgIpc) is 3.12. The van der Waals surface area contributed by atoms with Gasteiger partial charge in [-0.25, -0.2) is 9.97 Å². The SMILES string of the molecule is CCCOc1ccc(Sc2nc(N)nc3c2ncn3CC(C)OCPCC(F)(F)F)cc1. The Bertz CT molecular complexity index is 1020. The smallest absolute Gasteiger partial charge is 0.392 e. The van der Waals surface area contributed by atoms with E-state index >= 15 is 0 Å². The summed E-state index contributed by atoms with van der Waals surface area (Å²) in [5, 5.41) is 0.619. The van der Waals surface area contributed by atoms with Gasteiger partial charge in [0.1, 0.15) is 16.3 Å². The zero-order valence-corrected chi connectivity index (χ0v) is 19.5. The summed E-state index contributed by atoms with van der Waals surface area (Å²) in [6.45, 7) is 4.90. The monoisotopic (exact) mass is 487 g/mol. The highest BCUT2D eigenvalue weighted by molar-refractivity contribution is 7.99. The van der Waals surface area contributed by atoms with Crippen molar-refractivity contribution < 1.29 is 22.6 Å². The van der Waals surface area contributed by atoms with Crippen LogP contribution in [-0.4, -0.2) is 50.9 Å². The summed E-state index contributed by atoms with van der Waals surface area (Å²) in [5.74, 6) is 0.919. The molecule has 3 aromatic rings. The fourth-order valence-electron chi connectivity index (χ4n) is 2.80. The molecule has 2 unspecified atom stereocenters. The molecule has 0 bridgehead atoms. The van der Waals surface area contributed by atoms with Gasteiger partial charge in [0.05, 0.1) is 38.1 Å². The van der Waals surface area contributed by atoms with Crippen LogP contribution in [-0.2, 0) is 11.3 Å². The van der Waals surface area contributed by atoms with Gasteiger partial charge in [-0.05, 0) is 37.6 Å². The third kappa shape index (κ3) is 7.21. The van der Waals surface area contributed by atoms with Crippen molar-refractivity contribution in [1.82, 2.24) is 19.5 Å². The van der Waals surface area contributed by atoms with E-state index in [0.29, 0.717) is 29.3 Å². The Morgan fingerprint density at radius 3 is 2.66 bits per heavy atom. The van der Waals surface area contributed by atoms with Gasteiger partial charge in [0, 0.05) is 4.90 Å². The summed E-state index contributed by atoms with van der Waals surface area (Å²) < 4.78 is 49.7. The van der Waals surface area contributed by atoms with Gasteiger partial charge >= 0.3 is 6.18 Å². The molecule has 2 heterocycles. The highest BCUT2D eigenvalue weighted by Gasteiger charge is 2.26. The number of alkyl halides is 3. The Morgan fingerprint density at radius 2 is 1.97 bits per heavy atom. The van der Waals surface area contributed by atoms with Gasteiger partial charge < -0.3 is 19.8 Å². The summed E-state index contributed by atoms with van der Waals surface area (Å²) in [7, 11) is -0.326. The third-order valence-electron chi connectivity index (χ3n) is 4.21. The van der Waals surface area contributed by atoms with Crippen molar-refractivity contribution >= 4 is 37.5 Å². The van der Waals surface area contributed by atoms with Crippen LogP contribution in [0.25, 0.3) is 11.2 Å². The van der Waals surface area contributed by atoms with E-state index in [4.69, 9.17) is 15.2 Å². The second-order valence-corrected chi connectivity index (χ2v) is 9.25. The maximum absolute atomic E-state index is 12.3. The van der Waals surface area contributed by atoms with E-state index in [2.05, 4.69) is 21.9 Å². The molecule has 1 aromatic carbocycles. The van der Waals surface area contributed by atoms with E-state index in [1.54, 1.807) is 17.8 Å². The number of ether oxygens (including phenoxy) is 2. The van der Waals surface area contributed by atoms with E-state index in [0.717, 1.165) is 17.1 Å². The minimum atomic E-state index is -4.16. The Balaban J connectivity index is 1.67. The largest absolute Gasteiger partial charge is 0.494 e. The summed E-state index contributed by atoms with van der Waals surface area (Å²) in [6.07, 6.45) is -2.68. The maximum atomic E-state index is 12.3. The number of hydrogen-bond acceptors (Lipinski definition) is 7. The predicted octanol–water partition coefficient (Wildman–Crippen LogP) is 4.95. The van der Waals surface area contributed by atoms with Crippen molar-refractivity contribution in [3.05, 3.63) is 30.6 Å². The Morgan fingerprint density at radius 1 is 1.22 bits per heavy atom. The topological polar surface area (TPSA) is 88.1 Å². The molecule has 0 radical (unpaired) electrons. The molecule has 0 aliphatic carbocycles. The number of fused-ring (bicyclic) bond motifs is 1. The lowest BCUT2D eigenvalue weighted by Crippen LogP contribution is -2.17. The van der Waals surface area contributed by atoms with Crippen LogP contribution < -0.4 is 10.5 Å². The molecule has 0 fully saturated rings. The molecule has 32 heavy (non-hydrogen) atoms. The van der Waals surface area contributed by atoms with Crippen LogP contribution in [0.3, 0.4) is 0 Å². The zero-order chi connectivity index (χ0) is 23.1. The second kappa shape index (κ2) is 11.2. The van der Waals surface area contributed by atoms with Crippen molar-refractivity contribution in [2.24, 2.45) is 0 Å². The molecule has 2 aromatic heterocycles. The molecule has 0 amide bonds. The number of rotatable bonds is 11. The third-order valence-corrected chi connectivity index (χ3v) is 6.22. The summed E-state index contributed by atoms with van der Waals surface area (Å²) in [4.78, 5) is 14.0. The van der Waals surface area contributed by atoms with Crippen LogP contribution in [0, 0.1) is 0 Å². The van der Waals surface area contributed by atoms with Crippen LogP contribution in [0.1, 0.15) is 20.3 Å². The van der Waals surface area contributed by atoms with E-state index < -0.39 is 12.3 Å². The molecule has 12 heteroatoms. The number of nitrogen functional groups attached to an aromatic ring is 1. The van der Waals surface area contributed by atoms with Gasteiger partial charge in [-0.3, -0.25) is 0 Å². The quantitative estimate of drug-likeness (QED) is 0.233. The van der Waals surface area contributed by atoms with Gasteiger partial charge in [-0.2, -0.15) is 18.2 Å². The molecular weight excluding hydrogens is 462 g/mol. The van der Waals surface area contributed by atoms with Crippen LogP contribution in [0.5, 0.6) is 5.75 Å². The molecule has 0 aliphatic heterocycles.